The highest BCUT2D eigenvalue weighted by molar-refractivity contribution is 5.99. The Morgan fingerprint density at radius 2 is 1.89 bits per heavy atom. The first-order valence-electron chi connectivity index (χ1n) is 9.95. The maximum absolute atomic E-state index is 13.5. The van der Waals surface area contributed by atoms with Gasteiger partial charge in [-0.1, -0.05) is 12.1 Å². The van der Waals surface area contributed by atoms with Gasteiger partial charge in [0.05, 0.1) is 11.7 Å². The van der Waals surface area contributed by atoms with Gasteiger partial charge in [-0.25, -0.2) is 0 Å². The first kappa shape index (κ1) is 18.0. The summed E-state index contributed by atoms with van der Waals surface area (Å²) in [4.78, 5) is 21.9. The van der Waals surface area contributed by atoms with Crippen LogP contribution < -0.4 is 4.90 Å². The fourth-order valence-electron chi connectivity index (χ4n) is 4.02. The molecule has 27 heavy (non-hydrogen) atoms. The molecular weight excluding hydrogens is 338 g/mol. The largest absolute Gasteiger partial charge is 0.376 e. The Bertz CT molecular complexity index is 753. The summed E-state index contributed by atoms with van der Waals surface area (Å²) in [6, 6.07) is 12.0. The van der Waals surface area contributed by atoms with E-state index in [0.29, 0.717) is 13.1 Å². The molecule has 0 aliphatic carbocycles. The van der Waals surface area contributed by atoms with Crippen molar-refractivity contribution >= 4 is 11.6 Å². The van der Waals surface area contributed by atoms with Crippen molar-refractivity contribution in [3.63, 3.8) is 0 Å². The van der Waals surface area contributed by atoms with E-state index in [1.165, 1.54) is 12.8 Å². The van der Waals surface area contributed by atoms with Gasteiger partial charge in [-0.2, -0.15) is 0 Å². The quantitative estimate of drug-likeness (QED) is 0.786. The van der Waals surface area contributed by atoms with E-state index in [2.05, 4.69) is 16.0 Å². The summed E-state index contributed by atoms with van der Waals surface area (Å²) in [5.74, 6) is 0.0878. The lowest BCUT2D eigenvalue weighted by atomic mass is 10.1. The second kappa shape index (κ2) is 8.53. The molecule has 142 valence electrons. The van der Waals surface area contributed by atoms with Crippen molar-refractivity contribution in [3.05, 3.63) is 59.9 Å². The zero-order chi connectivity index (χ0) is 18.5. The Morgan fingerprint density at radius 1 is 1.11 bits per heavy atom. The number of pyridine rings is 1. The lowest BCUT2D eigenvalue weighted by Crippen LogP contribution is -2.37. The standard InChI is InChI=1S/C22H27N3O2/c26-22(20-7-1-2-8-21(20)24-13-3-4-14-24)25(17-19-6-5-15-27-19)16-18-9-11-23-12-10-18/h1-2,7-12,19H,3-6,13-17H2/t19-/m0/s1. The number of amides is 1. The van der Waals surface area contributed by atoms with Crippen LogP contribution in [-0.2, 0) is 11.3 Å². The molecule has 0 unspecified atom stereocenters. The molecule has 0 saturated carbocycles. The summed E-state index contributed by atoms with van der Waals surface area (Å²) < 4.78 is 5.82. The van der Waals surface area contributed by atoms with Crippen LogP contribution in [0.1, 0.15) is 41.6 Å². The molecule has 5 heteroatoms. The number of ether oxygens (including phenoxy) is 1. The number of anilines is 1. The van der Waals surface area contributed by atoms with E-state index in [9.17, 15) is 4.79 Å². The molecule has 0 N–H and O–H groups in total. The molecule has 1 amide bonds. The monoisotopic (exact) mass is 365 g/mol. The van der Waals surface area contributed by atoms with Crippen molar-refractivity contribution in [2.75, 3.05) is 31.1 Å². The Morgan fingerprint density at radius 3 is 2.63 bits per heavy atom. The van der Waals surface area contributed by atoms with Gasteiger partial charge in [-0.3, -0.25) is 9.78 Å². The lowest BCUT2D eigenvalue weighted by Gasteiger charge is -2.28. The van der Waals surface area contributed by atoms with Crippen LogP contribution in [0.15, 0.2) is 48.8 Å². The lowest BCUT2D eigenvalue weighted by molar-refractivity contribution is 0.0507. The van der Waals surface area contributed by atoms with E-state index in [1.807, 2.05) is 35.2 Å². The van der Waals surface area contributed by atoms with Crippen molar-refractivity contribution in [3.8, 4) is 0 Å². The minimum absolute atomic E-state index is 0.0878. The summed E-state index contributed by atoms with van der Waals surface area (Å²) in [5.41, 5.74) is 2.95. The van der Waals surface area contributed by atoms with Crippen LogP contribution in [0.4, 0.5) is 5.69 Å². The third kappa shape index (κ3) is 4.30. The molecule has 2 aromatic rings. The zero-order valence-electron chi connectivity index (χ0n) is 15.7. The van der Waals surface area contributed by atoms with Gasteiger partial charge in [-0.15, -0.1) is 0 Å². The van der Waals surface area contributed by atoms with E-state index in [4.69, 9.17) is 4.74 Å². The summed E-state index contributed by atoms with van der Waals surface area (Å²) >= 11 is 0. The van der Waals surface area contributed by atoms with Crippen molar-refractivity contribution in [1.29, 1.82) is 0 Å². The number of benzene rings is 1. The van der Waals surface area contributed by atoms with Crippen molar-refractivity contribution < 1.29 is 9.53 Å². The second-order valence-electron chi connectivity index (χ2n) is 7.39. The van der Waals surface area contributed by atoms with E-state index in [-0.39, 0.29) is 12.0 Å². The average molecular weight is 365 g/mol. The van der Waals surface area contributed by atoms with E-state index >= 15 is 0 Å². The van der Waals surface area contributed by atoms with E-state index in [0.717, 1.165) is 49.4 Å². The van der Waals surface area contributed by atoms with Crippen LogP contribution in [0.5, 0.6) is 0 Å². The molecule has 3 heterocycles. The van der Waals surface area contributed by atoms with E-state index in [1.54, 1.807) is 12.4 Å². The molecule has 2 saturated heterocycles. The van der Waals surface area contributed by atoms with Gasteiger partial charge >= 0.3 is 0 Å². The average Bonchev–Trinajstić information content (AvgIpc) is 3.42. The number of para-hydroxylation sites is 1. The van der Waals surface area contributed by atoms with Crippen molar-refractivity contribution in [1.82, 2.24) is 9.88 Å². The Balaban J connectivity index is 1.59. The molecule has 2 aliphatic heterocycles. The minimum Gasteiger partial charge on any atom is -0.376 e. The van der Waals surface area contributed by atoms with Gasteiger partial charge in [0.15, 0.2) is 0 Å². The molecule has 1 atom stereocenters. The van der Waals surface area contributed by atoms with Gasteiger partial charge in [0.25, 0.3) is 5.91 Å². The van der Waals surface area contributed by atoms with Crippen LogP contribution in [0, 0.1) is 0 Å². The summed E-state index contributed by atoms with van der Waals surface area (Å²) in [7, 11) is 0. The number of hydrogen-bond donors (Lipinski definition) is 0. The summed E-state index contributed by atoms with van der Waals surface area (Å²) in [6.07, 6.45) is 8.18. The fourth-order valence-corrected chi connectivity index (χ4v) is 4.02. The van der Waals surface area contributed by atoms with Crippen LogP contribution in [0.25, 0.3) is 0 Å². The maximum atomic E-state index is 13.5. The Labute approximate surface area is 161 Å². The molecule has 0 spiro atoms. The predicted octanol–water partition coefficient (Wildman–Crippen LogP) is 3.50. The summed E-state index contributed by atoms with van der Waals surface area (Å²) in [5, 5.41) is 0. The highest BCUT2D eigenvalue weighted by Gasteiger charge is 2.26. The highest BCUT2D eigenvalue weighted by atomic mass is 16.5. The number of hydrogen-bond acceptors (Lipinski definition) is 4. The predicted molar refractivity (Wildman–Crippen MR) is 106 cm³/mol. The van der Waals surface area contributed by atoms with Gasteiger partial charge in [0, 0.05) is 50.9 Å². The van der Waals surface area contributed by atoms with Crippen molar-refractivity contribution in [2.24, 2.45) is 0 Å². The number of carbonyl (C=O) groups excluding carboxylic acids is 1. The smallest absolute Gasteiger partial charge is 0.256 e. The van der Waals surface area contributed by atoms with Crippen LogP contribution in [0.2, 0.25) is 0 Å². The molecule has 1 aromatic carbocycles. The first-order valence-corrected chi connectivity index (χ1v) is 9.95. The molecule has 1 aromatic heterocycles. The zero-order valence-corrected chi connectivity index (χ0v) is 15.7. The molecule has 4 rings (SSSR count). The Kier molecular flexibility index (Phi) is 5.68. The maximum Gasteiger partial charge on any atom is 0.256 e. The summed E-state index contributed by atoms with van der Waals surface area (Å²) in [6.45, 7) is 4.07. The third-order valence-electron chi connectivity index (χ3n) is 5.44. The van der Waals surface area contributed by atoms with Crippen LogP contribution in [-0.4, -0.2) is 48.1 Å². The third-order valence-corrected chi connectivity index (χ3v) is 5.44. The second-order valence-corrected chi connectivity index (χ2v) is 7.39. The van der Waals surface area contributed by atoms with E-state index < -0.39 is 0 Å². The number of rotatable bonds is 6. The molecule has 0 radical (unpaired) electrons. The number of aromatic nitrogens is 1. The van der Waals surface area contributed by atoms with Gasteiger partial charge in [-0.05, 0) is 55.5 Å². The van der Waals surface area contributed by atoms with Crippen LogP contribution >= 0.6 is 0 Å². The highest BCUT2D eigenvalue weighted by Crippen LogP contribution is 2.27. The molecular formula is C22H27N3O2. The number of nitrogens with zero attached hydrogens (tertiary/aromatic N) is 3. The molecule has 2 fully saturated rings. The molecule has 0 bridgehead atoms. The minimum atomic E-state index is 0.0878. The van der Waals surface area contributed by atoms with Gasteiger partial charge < -0.3 is 14.5 Å². The molecule has 2 aliphatic rings. The molecule has 5 nitrogen and oxygen atoms in total. The van der Waals surface area contributed by atoms with Crippen LogP contribution in [0.3, 0.4) is 0 Å². The normalized spacial score (nSPS) is 19.4. The number of carbonyl (C=O) groups is 1. The topological polar surface area (TPSA) is 45.7 Å². The Hall–Kier alpha value is -2.40. The fraction of sp³-hybridized carbons (Fsp3) is 0.455. The first-order chi connectivity index (χ1) is 13.3. The van der Waals surface area contributed by atoms with Gasteiger partial charge in [0.2, 0.25) is 0 Å². The SMILES string of the molecule is O=C(c1ccccc1N1CCCC1)N(Cc1ccncc1)C[C@@H]1CCCO1. The van der Waals surface area contributed by atoms with Crippen molar-refractivity contribution in [2.45, 2.75) is 38.3 Å². The van der Waals surface area contributed by atoms with Gasteiger partial charge in [0.1, 0.15) is 0 Å².